The van der Waals surface area contributed by atoms with Gasteiger partial charge >= 0.3 is 0 Å². The summed E-state index contributed by atoms with van der Waals surface area (Å²) >= 11 is 0. The molecule has 10 nitrogen and oxygen atoms in total. The molecule has 2 amide bonds. The van der Waals surface area contributed by atoms with Crippen molar-refractivity contribution in [3.05, 3.63) is 65.2 Å². The van der Waals surface area contributed by atoms with Crippen LogP contribution in [0.15, 0.2) is 48.5 Å². The minimum Gasteiger partial charge on any atom is -0.494 e. The second kappa shape index (κ2) is 14.5. The highest BCUT2D eigenvalue weighted by Crippen LogP contribution is 2.36. The number of anilines is 1. The second-order valence-electron chi connectivity index (χ2n) is 11.3. The number of ketones is 1. The fourth-order valence-electron chi connectivity index (χ4n) is 4.91. The van der Waals surface area contributed by atoms with E-state index in [0.29, 0.717) is 30.9 Å². The van der Waals surface area contributed by atoms with Gasteiger partial charge in [-0.05, 0) is 40.6 Å². The van der Waals surface area contributed by atoms with E-state index in [1.165, 1.54) is 7.11 Å². The molecule has 0 saturated carbocycles. The molecule has 2 N–H and O–H groups in total. The summed E-state index contributed by atoms with van der Waals surface area (Å²) in [5.74, 6) is -1.13. The lowest BCUT2D eigenvalue weighted by atomic mass is 9.85. The third-order valence-corrected chi connectivity index (χ3v) is 7.35. The number of ether oxygens (including phenoxy) is 4. The number of morpholine rings is 1. The number of Topliss-reactive ketones (excluding diaryl/α,β-unsaturated/α-hetero) is 1. The van der Waals surface area contributed by atoms with Crippen LogP contribution >= 0.6 is 0 Å². The van der Waals surface area contributed by atoms with Gasteiger partial charge in [0.1, 0.15) is 12.4 Å². The van der Waals surface area contributed by atoms with Gasteiger partial charge in [-0.25, -0.2) is 0 Å². The van der Waals surface area contributed by atoms with Crippen LogP contribution in [0.5, 0.6) is 11.5 Å². The van der Waals surface area contributed by atoms with Gasteiger partial charge in [0.15, 0.2) is 5.75 Å². The molecule has 0 radical (unpaired) electrons. The fourth-order valence-corrected chi connectivity index (χ4v) is 4.91. The van der Waals surface area contributed by atoms with Crippen LogP contribution in [0.25, 0.3) is 10.8 Å². The van der Waals surface area contributed by atoms with E-state index in [-0.39, 0.29) is 33.9 Å². The maximum absolute atomic E-state index is 13.6. The Kier molecular flexibility index (Phi) is 10.7. The summed E-state index contributed by atoms with van der Waals surface area (Å²) in [5.41, 5.74) is 1.16. The molecule has 1 fully saturated rings. The normalized spacial score (nSPS) is 13.9. The Balaban J connectivity index is 1.59. The molecular formula is C33H41N3O7. The largest absolute Gasteiger partial charge is 0.494 e. The number of hydrogen-bond donors (Lipinski definition) is 2. The van der Waals surface area contributed by atoms with Crippen LogP contribution in [0, 0.1) is 0 Å². The van der Waals surface area contributed by atoms with Crippen molar-refractivity contribution in [1.82, 2.24) is 10.2 Å². The quantitative estimate of drug-likeness (QED) is 0.184. The minimum absolute atomic E-state index is 0.165. The number of rotatable bonds is 12. The molecule has 10 heteroatoms. The molecule has 0 spiro atoms. The number of hydrogen-bond acceptors (Lipinski definition) is 8. The lowest BCUT2D eigenvalue weighted by Gasteiger charge is -2.26. The number of nitrogens with zero attached hydrogens (tertiary/aromatic N) is 1. The van der Waals surface area contributed by atoms with E-state index in [1.807, 2.05) is 39.0 Å². The van der Waals surface area contributed by atoms with Crippen molar-refractivity contribution in [2.24, 2.45) is 0 Å². The summed E-state index contributed by atoms with van der Waals surface area (Å²) in [4.78, 5) is 42.3. The van der Waals surface area contributed by atoms with Crippen molar-refractivity contribution < 1.29 is 33.3 Å². The van der Waals surface area contributed by atoms with Gasteiger partial charge in [-0.3, -0.25) is 19.3 Å². The Morgan fingerprint density at radius 3 is 2.33 bits per heavy atom. The lowest BCUT2D eigenvalue weighted by Crippen LogP contribution is -2.38. The van der Waals surface area contributed by atoms with Gasteiger partial charge in [-0.2, -0.15) is 0 Å². The molecule has 1 aliphatic rings. The number of amides is 2. The Morgan fingerprint density at radius 2 is 1.65 bits per heavy atom. The third-order valence-electron chi connectivity index (χ3n) is 7.35. The van der Waals surface area contributed by atoms with E-state index >= 15 is 0 Å². The highest BCUT2D eigenvalue weighted by atomic mass is 16.5. The summed E-state index contributed by atoms with van der Waals surface area (Å²) in [5, 5.41) is 6.87. The van der Waals surface area contributed by atoms with Gasteiger partial charge in [0.2, 0.25) is 0 Å². The molecule has 0 aromatic heterocycles. The van der Waals surface area contributed by atoms with Gasteiger partial charge in [0, 0.05) is 44.2 Å². The zero-order valence-corrected chi connectivity index (χ0v) is 25.6. The first-order valence-electron chi connectivity index (χ1n) is 14.4. The zero-order valence-electron chi connectivity index (χ0n) is 25.6. The standard InChI is InChI=1S/C33H41N3O7/c1-33(2,3)22-20-26(31(38)34-12-16-40-4)30(41-5)27(21-22)35-32(39)29(37)25-10-11-28(24-9-7-6-8-23(24)25)43-19-15-36-13-17-42-18-14-36/h6-11,20-21H,12-19H2,1-5H3,(H,34,38)(H,35,39). The van der Waals surface area contributed by atoms with E-state index in [9.17, 15) is 14.4 Å². The molecule has 43 heavy (non-hydrogen) atoms. The lowest BCUT2D eigenvalue weighted by molar-refractivity contribution is -0.112. The number of nitrogens with one attached hydrogen (secondary N) is 2. The van der Waals surface area contributed by atoms with Crippen LogP contribution in [0.1, 0.15) is 47.1 Å². The third kappa shape index (κ3) is 7.90. The second-order valence-corrected chi connectivity index (χ2v) is 11.3. The smallest absolute Gasteiger partial charge is 0.296 e. The molecule has 3 aromatic rings. The van der Waals surface area contributed by atoms with Crippen molar-refractivity contribution in [2.45, 2.75) is 26.2 Å². The molecule has 3 aromatic carbocycles. The molecule has 1 saturated heterocycles. The molecule has 4 rings (SSSR count). The Hall–Kier alpha value is -3.99. The number of methoxy groups -OCH3 is 2. The van der Waals surface area contributed by atoms with Crippen molar-refractivity contribution >= 4 is 34.1 Å². The average molecular weight is 592 g/mol. The van der Waals surface area contributed by atoms with Crippen molar-refractivity contribution in [3.63, 3.8) is 0 Å². The van der Waals surface area contributed by atoms with E-state index in [1.54, 1.807) is 37.4 Å². The molecule has 0 bridgehead atoms. The first-order valence-corrected chi connectivity index (χ1v) is 14.4. The van der Waals surface area contributed by atoms with Crippen molar-refractivity contribution in [1.29, 1.82) is 0 Å². The first kappa shape index (κ1) is 31.9. The van der Waals surface area contributed by atoms with Gasteiger partial charge in [-0.15, -0.1) is 0 Å². The first-order chi connectivity index (χ1) is 20.6. The highest BCUT2D eigenvalue weighted by Gasteiger charge is 2.26. The average Bonchev–Trinajstić information content (AvgIpc) is 3.00. The maximum Gasteiger partial charge on any atom is 0.296 e. The van der Waals surface area contributed by atoms with E-state index in [4.69, 9.17) is 18.9 Å². The summed E-state index contributed by atoms with van der Waals surface area (Å²) in [6.07, 6.45) is 0. The summed E-state index contributed by atoms with van der Waals surface area (Å²) < 4.78 is 22.1. The van der Waals surface area contributed by atoms with Gasteiger partial charge in [0.25, 0.3) is 17.6 Å². The van der Waals surface area contributed by atoms with Gasteiger partial charge in [0.05, 0.1) is 38.2 Å². The SMILES string of the molecule is COCCNC(=O)c1cc(C(C)(C)C)cc(NC(=O)C(=O)c2ccc(OCCN3CCOCC3)c3ccccc23)c1OC. The van der Waals surface area contributed by atoms with Crippen molar-refractivity contribution in [2.75, 3.05) is 72.1 Å². The minimum atomic E-state index is -0.846. The van der Waals surface area contributed by atoms with E-state index < -0.39 is 11.7 Å². The van der Waals surface area contributed by atoms with Crippen LogP contribution < -0.4 is 20.1 Å². The Labute approximate surface area is 252 Å². The molecule has 0 unspecified atom stereocenters. The van der Waals surface area contributed by atoms with Crippen LogP contribution in [0.4, 0.5) is 5.69 Å². The van der Waals surface area contributed by atoms with Crippen LogP contribution in [0.3, 0.4) is 0 Å². The summed E-state index contributed by atoms with van der Waals surface area (Å²) in [6.45, 7) is 11.1. The molecular weight excluding hydrogens is 550 g/mol. The topological polar surface area (TPSA) is 115 Å². The number of carbonyl (C=O) groups is 3. The summed E-state index contributed by atoms with van der Waals surface area (Å²) in [7, 11) is 2.97. The Bertz CT molecular complexity index is 1460. The number of carbonyl (C=O) groups excluding carboxylic acids is 3. The van der Waals surface area contributed by atoms with Gasteiger partial charge in [-0.1, -0.05) is 45.0 Å². The predicted molar refractivity (Wildman–Crippen MR) is 166 cm³/mol. The van der Waals surface area contributed by atoms with Crippen LogP contribution in [0.2, 0.25) is 0 Å². The monoisotopic (exact) mass is 591 g/mol. The van der Waals surface area contributed by atoms with E-state index in [0.717, 1.165) is 43.8 Å². The van der Waals surface area contributed by atoms with Crippen LogP contribution in [-0.2, 0) is 19.7 Å². The zero-order chi connectivity index (χ0) is 31.0. The predicted octanol–water partition coefficient (Wildman–Crippen LogP) is 4.05. The van der Waals surface area contributed by atoms with Gasteiger partial charge < -0.3 is 29.6 Å². The number of benzene rings is 3. The highest BCUT2D eigenvalue weighted by molar-refractivity contribution is 6.48. The fraction of sp³-hybridized carbons (Fsp3) is 0.424. The van der Waals surface area contributed by atoms with E-state index in [2.05, 4.69) is 15.5 Å². The molecule has 230 valence electrons. The molecule has 0 atom stereocenters. The number of fused-ring (bicyclic) bond motifs is 1. The summed E-state index contributed by atoms with van der Waals surface area (Å²) in [6, 6.07) is 14.2. The maximum atomic E-state index is 13.6. The Morgan fingerprint density at radius 1 is 0.930 bits per heavy atom. The molecule has 1 heterocycles. The van der Waals surface area contributed by atoms with Crippen molar-refractivity contribution in [3.8, 4) is 11.5 Å². The molecule has 1 aliphatic heterocycles. The molecule has 0 aliphatic carbocycles. The van der Waals surface area contributed by atoms with Crippen LogP contribution in [-0.4, -0.2) is 89.3 Å².